The van der Waals surface area contributed by atoms with Crippen molar-refractivity contribution in [2.45, 2.75) is 18.1 Å². The van der Waals surface area contributed by atoms with Crippen LogP contribution >= 0.6 is 38.5 Å². The molecular weight excluding hydrogens is 434 g/mol. The highest BCUT2D eigenvalue weighted by atomic mass is 127. The maximum atomic E-state index is 12.1. The van der Waals surface area contributed by atoms with Gasteiger partial charge in [0.2, 0.25) is 5.88 Å². The first-order valence-electron chi connectivity index (χ1n) is 4.44. The summed E-state index contributed by atoms with van der Waals surface area (Å²) >= 11 is 4.93. The van der Waals surface area contributed by atoms with Gasteiger partial charge in [0.25, 0.3) is 0 Å². The molecule has 0 aromatic carbocycles. The van der Waals surface area contributed by atoms with E-state index in [9.17, 15) is 18.0 Å². The third kappa shape index (κ3) is 4.59. The molecule has 0 aliphatic rings. The highest BCUT2D eigenvalue weighted by molar-refractivity contribution is 14.1. The van der Waals surface area contributed by atoms with Crippen LogP contribution in [0.25, 0.3) is 0 Å². The monoisotopic (exact) mass is 439 g/mol. The van der Waals surface area contributed by atoms with Gasteiger partial charge in [-0.1, -0.05) is 15.9 Å². The minimum Gasteiger partial charge on any atom is -0.481 e. The lowest BCUT2D eigenvalue weighted by atomic mass is 10.1. The molecule has 0 radical (unpaired) electrons. The van der Waals surface area contributed by atoms with Crippen LogP contribution in [0.5, 0.6) is 5.88 Å². The number of aliphatic carboxylic acids is 1. The zero-order valence-electron chi connectivity index (χ0n) is 8.59. The molecule has 1 heterocycles. The van der Waals surface area contributed by atoms with Gasteiger partial charge in [-0.15, -0.1) is 13.2 Å². The Balaban J connectivity index is 3.17. The predicted octanol–water partition coefficient (Wildman–Crippen LogP) is 3.11. The molecule has 1 rings (SSSR count). The van der Waals surface area contributed by atoms with Crippen LogP contribution in [0.4, 0.5) is 13.2 Å². The second-order valence-electron chi connectivity index (χ2n) is 3.12. The average molecular weight is 440 g/mol. The molecule has 0 unspecified atom stereocenters. The van der Waals surface area contributed by atoms with E-state index in [4.69, 9.17) is 5.11 Å². The summed E-state index contributed by atoms with van der Waals surface area (Å²) in [5.41, 5.74) is 0.582. The largest absolute Gasteiger partial charge is 0.574 e. The lowest BCUT2D eigenvalue weighted by Gasteiger charge is -2.12. The Kier molecular flexibility index (Phi) is 5.20. The molecule has 1 N–H and O–H groups in total. The Morgan fingerprint density at radius 3 is 2.61 bits per heavy atom. The van der Waals surface area contributed by atoms with Crippen molar-refractivity contribution in [2.75, 3.05) is 0 Å². The Morgan fingerprint density at radius 1 is 1.56 bits per heavy atom. The van der Waals surface area contributed by atoms with E-state index in [-0.39, 0.29) is 5.69 Å². The van der Waals surface area contributed by atoms with Gasteiger partial charge >= 0.3 is 12.3 Å². The average Bonchev–Trinajstić information content (AvgIpc) is 2.13. The molecule has 4 nitrogen and oxygen atoms in total. The molecule has 9 heteroatoms. The van der Waals surface area contributed by atoms with Gasteiger partial charge in [0.15, 0.2) is 0 Å². The number of alkyl halides is 4. The van der Waals surface area contributed by atoms with Crippen molar-refractivity contribution < 1.29 is 27.8 Å². The first kappa shape index (κ1) is 15.5. The summed E-state index contributed by atoms with van der Waals surface area (Å²) in [6, 6.07) is 1.11. The minimum atomic E-state index is -4.85. The van der Waals surface area contributed by atoms with Gasteiger partial charge in [-0.05, 0) is 28.2 Å². The fourth-order valence-corrected chi connectivity index (χ4v) is 3.09. The molecule has 0 spiro atoms. The molecule has 0 bridgehead atoms. The number of rotatable bonds is 4. The van der Waals surface area contributed by atoms with Gasteiger partial charge in [0, 0.05) is 15.0 Å². The van der Waals surface area contributed by atoms with Gasteiger partial charge in [0.05, 0.1) is 12.1 Å². The van der Waals surface area contributed by atoms with E-state index in [1.807, 2.05) is 0 Å². The summed E-state index contributed by atoms with van der Waals surface area (Å²) in [5, 5.41) is 8.98. The maximum Gasteiger partial charge on any atom is 0.574 e. The van der Waals surface area contributed by atoms with Gasteiger partial charge in [-0.2, -0.15) is 0 Å². The maximum absolute atomic E-state index is 12.1. The summed E-state index contributed by atoms with van der Waals surface area (Å²) in [4.78, 5) is 14.2. The van der Waals surface area contributed by atoms with Crippen LogP contribution in [-0.2, 0) is 16.5 Å². The Hall–Kier alpha value is -0.580. The number of carboxylic acid groups (broad SMARTS) is 1. The number of halogens is 5. The highest BCUT2D eigenvalue weighted by Gasteiger charge is 2.32. The third-order valence-corrected chi connectivity index (χ3v) is 3.33. The van der Waals surface area contributed by atoms with Crippen LogP contribution in [0, 0.1) is 3.57 Å². The highest BCUT2D eigenvalue weighted by Crippen LogP contribution is 2.27. The molecule has 0 aliphatic carbocycles. The van der Waals surface area contributed by atoms with Crippen LogP contribution in [0.2, 0.25) is 0 Å². The Labute approximate surface area is 122 Å². The number of pyridine rings is 1. The smallest absolute Gasteiger partial charge is 0.481 e. The van der Waals surface area contributed by atoms with E-state index in [1.54, 1.807) is 22.6 Å². The number of nitrogens with zero attached hydrogens (tertiary/aromatic N) is 1. The van der Waals surface area contributed by atoms with Crippen LogP contribution < -0.4 is 4.74 Å². The molecule has 0 saturated heterocycles. The lowest BCUT2D eigenvalue weighted by molar-refractivity contribution is -0.276. The minimum absolute atomic E-state index is 0.0468. The van der Waals surface area contributed by atoms with E-state index >= 15 is 0 Å². The van der Waals surface area contributed by atoms with Crippen LogP contribution in [0.1, 0.15) is 11.3 Å². The normalized spacial score (nSPS) is 11.4. The molecule has 18 heavy (non-hydrogen) atoms. The van der Waals surface area contributed by atoms with Crippen LogP contribution in [0.3, 0.4) is 0 Å². The van der Waals surface area contributed by atoms with Crippen molar-refractivity contribution in [3.8, 4) is 5.88 Å². The number of ether oxygens (including phenoxy) is 1. The molecule has 0 fully saturated rings. The van der Waals surface area contributed by atoms with Crippen LogP contribution in [-0.4, -0.2) is 22.4 Å². The fraction of sp³-hybridized carbons (Fsp3) is 0.333. The first-order valence-corrected chi connectivity index (χ1v) is 6.64. The second-order valence-corrected chi connectivity index (χ2v) is 4.84. The van der Waals surface area contributed by atoms with Gasteiger partial charge < -0.3 is 9.84 Å². The quantitative estimate of drug-likeness (QED) is 0.578. The third-order valence-electron chi connectivity index (χ3n) is 1.80. The molecule has 1 aromatic heterocycles. The number of aromatic nitrogens is 1. The number of carbonyl (C=O) groups is 1. The van der Waals surface area contributed by atoms with E-state index < -0.39 is 24.6 Å². The standard InChI is InChI=1S/C9H6BrF3INO3/c10-3-4-5(14)1-7(18-9(11,12)13)15-6(4)2-8(16)17/h1H,2-3H2,(H,16,17). The molecule has 0 saturated carbocycles. The lowest BCUT2D eigenvalue weighted by Crippen LogP contribution is -2.19. The van der Waals surface area contributed by atoms with Crippen molar-refractivity contribution in [2.24, 2.45) is 0 Å². The second kappa shape index (κ2) is 6.04. The van der Waals surface area contributed by atoms with E-state index in [0.29, 0.717) is 14.5 Å². The SMILES string of the molecule is O=C(O)Cc1nc(OC(F)(F)F)cc(I)c1CBr. The van der Waals surface area contributed by atoms with Crippen LogP contribution in [0.15, 0.2) is 6.07 Å². The summed E-state index contributed by atoms with van der Waals surface area (Å²) in [6.07, 6.45) is -5.32. The molecule has 1 aromatic rings. The van der Waals surface area contributed by atoms with Gasteiger partial charge in [-0.25, -0.2) is 4.98 Å². The van der Waals surface area contributed by atoms with Crippen molar-refractivity contribution in [1.82, 2.24) is 4.98 Å². The Morgan fingerprint density at radius 2 is 2.17 bits per heavy atom. The zero-order chi connectivity index (χ0) is 13.9. The molecule has 0 aliphatic heterocycles. The summed E-state index contributed by atoms with van der Waals surface area (Å²) in [7, 11) is 0. The molecule has 0 atom stereocenters. The summed E-state index contributed by atoms with van der Waals surface area (Å²) in [6.45, 7) is 0. The molecular formula is C9H6BrF3INO3. The summed E-state index contributed by atoms with van der Waals surface area (Å²) in [5.74, 6) is -1.84. The van der Waals surface area contributed by atoms with Crippen molar-refractivity contribution in [3.05, 3.63) is 20.9 Å². The fourth-order valence-electron chi connectivity index (χ4n) is 1.17. The van der Waals surface area contributed by atoms with E-state index in [0.717, 1.165) is 6.07 Å². The van der Waals surface area contributed by atoms with E-state index in [1.165, 1.54) is 0 Å². The van der Waals surface area contributed by atoms with Crippen molar-refractivity contribution in [3.63, 3.8) is 0 Å². The summed E-state index contributed by atoms with van der Waals surface area (Å²) < 4.78 is 40.3. The number of hydrogen-bond acceptors (Lipinski definition) is 3. The van der Waals surface area contributed by atoms with Crippen molar-refractivity contribution >= 4 is 44.5 Å². The van der Waals surface area contributed by atoms with Gasteiger partial charge in [-0.3, -0.25) is 4.79 Å². The molecule has 0 amide bonds. The molecule has 100 valence electrons. The van der Waals surface area contributed by atoms with Gasteiger partial charge in [0.1, 0.15) is 0 Å². The predicted molar refractivity (Wildman–Crippen MR) is 67.6 cm³/mol. The topological polar surface area (TPSA) is 59.4 Å². The van der Waals surface area contributed by atoms with E-state index in [2.05, 4.69) is 25.7 Å². The zero-order valence-corrected chi connectivity index (χ0v) is 12.3. The number of carboxylic acids is 1. The number of hydrogen-bond donors (Lipinski definition) is 1. The first-order chi connectivity index (χ1) is 8.23. The van der Waals surface area contributed by atoms with Crippen molar-refractivity contribution in [1.29, 1.82) is 0 Å². The Bertz CT molecular complexity index is 467.